The SMILES string of the molecule is CC1=C(N2CCC3(CCN(CC(Cl)c4ccc5c(c4C)COC5=O)CC3)C2=O)COC1=O. The zero-order valence-electron chi connectivity index (χ0n) is 18.4. The summed E-state index contributed by atoms with van der Waals surface area (Å²) in [6.07, 6.45) is 2.39. The van der Waals surface area contributed by atoms with E-state index >= 15 is 0 Å². The number of halogens is 1. The van der Waals surface area contributed by atoms with Crippen molar-refractivity contribution < 1.29 is 23.9 Å². The van der Waals surface area contributed by atoms with E-state index in [9.17, 15) is 14.4 Å². The van der Waals surface area contributed by atoms with Gasteiger partial charge in [0.25, 0.3) is 0 Å². The standard InChI is InChI=1S/C24H27ClN2O5/c1-14-16(3-4-17-18(14)12-31-22(17)29)19(25)11-26-8-5-24(6-9-26)7-10-27(23(24)30)20-13-32-21(28)15(20)2/h3-4,19H,5-13H2,1-2H3. The molecule has 0 aromatic heterocycles. The molecule has 1 atom stereocenters. The number of amides is 1. The number of carbonyl (C=O) groups excluding carboxylic acids is 3. The van der Waals surface area contributed by atoms with Crippen LogP contribution in [0.3, 0.4) is 0 Å². The first-order valence-corrected chi connectivity index (χ1v) is 11.6. The number of rotatable bonds is 4. The van der Waals surface area contributed by atoms with Crippen LogP contribution in [0.1, 0.15) is 58.6 Å². The van der Waals surface area contributed by atoms with Gasteiger partial charge in [0, 0.05) is 18.7 Å². The maximum Gasteiger partial charge on any atom is 0.338 e. The van der Waals surface area contributed by atoms with Gasteiger partial charge in [-0.1, -0.05) is 6.07 Å². The summed E-state index contributed by atoms with van der Waals surface area (Å²) in [6.45, 7) is 7.19. The van der Waals surface area contributed by atoms with E-state index < -0.39 is 0 Å². The fourth-order valence-corrected chi connectivity index (χ4v) is 5.92. The Balaban J connectivity index is 1.23. The van der Waals surface area contributed by atoms with Crippen molar-refractivity contribution in [1.82, 2.24) is 9.80 Å². The average Bonchev–Trinajstić information content (AvgIpc) is 3.42. The first-order valence-electron chi connectivity index (χ1n) is 11.2. The van der Waals surface area contributed by atoms with Crippen LogP contribution < -0.4 is 0 Å². The van der Waals surface area contributed by atoms with Crippen molar-refractivity contribution in [2.24, 2.45) is 5.41 Å². The Kier molecular flexibility index (Phi) is 5.29. The van der Waals surface area contributed by atoms with E-state index in [2.05, 4.69) is 4.90 Å². The molecule has 1 aromatic carbocycles. The average molecular weight is 459 g/mol. The maximum absolute atomic E-state index is 13.3. The fraction of sp³-hybridized carbons (Fsp3) is 0.542. The van der Waals surface area contributed by atoms with Gasteiger partial charge in [-0.15, -0.1) is 11.6 Å². The molecular weight excluding hydrogens is 432 g/mol. The number of hydrogen-bond acceptors (Lipinski definition) is 6. The molecule has 1 amide bonds. The molecule has 4 aliphatic heterocycles. The number of cyclic esters (lactones) is 2. The van der Waals surface area contributed by atoms with Gasteiger partial charge < -0.3 is 19.3 Å². The fourth-order valence-electron chi connectivity index (χ4n) is 5.49. The normalized spacial score (nSPS) is 23.7. The van der Waals surface area contributed by atoms with E-state index in [1.165, 1.54) is 0 Å². The molecule has 7 nitrogen and oxygen atoms in total. The Morgan fingerprint density at radius 2 is 1.69 bits per heavy atom. The molecule has 32 heavy (non-hydrogen) atoms. The second-order valence-corrected chi connectivity index (χ2v) is 9.81. The molecule has 1 spiro atoms. The van der Waals surface area contributed by atoms with Crippen molar-refractivity contribution in [2.75, 3.05) is 32.8 Å². The number of ether oxygens (including phenoxy) is 2. The largest absolute Gasteiger partial charge is 0.457 e. The van der Waals surface area contributed by atoms with E-state index in [0.29, 0.717) is 30.8 Å². The molecule has 0 bridgehead atoms. The van der Waals surface area contributed by atoms with Crippen LogP contribution in [-0.2, 0) is 25.7 Å². The minimum Gasteiger partial charge on any atom is -0.457 e. The van der Waals surface area contributed by atoms with E-state index in [-0.39, 0.29) is 35.2 Å². The number of likely N-dealkylation sites (tertiary alicyclic amines) is 2. The highest BCUT2D eigenvalue weighted by Crippen LogP contribution is 2.44. The third kappa shape index (κ3) is 3.33. The smallest absolute Gasteiger partial charge is 0.338 e. The van der Waals surface area contributed by atoms with Gasteiger partial charge in [-0.3, -0.25) is 4.79 Å². The highest BCUT2D eigenvalue weighted by atomic mass is 35.5. The molecule has 0 N–H and O–H groups in total. The van der Waals surface area contributed by atoms with Crippen molar-refractivity contribution >= 4 is 29.4 Å². The third-order valence-corrected chi connectivity index (χ3v) is 8.07. The summed E-state index contributed by atoms with van der Waals surface area (Å²) in [6, 6.07) is 3.75. The first-order chi connectivity index (χ1) is 15.3. The molecule has 0 aliphatic carbocycles. The lowest BCUT2D eigenvalue weighted by Crippen LogP contribution is -2.45. The van der Waals surface area contributed by atoms with Crippen molar-refractivity contribution in [2.45, 2.75) is 45.1 Å². The summed E-state index contributed by atoms with van der Waals surface area (Å²) in [4.78, 5) is 40.9. The van der Waals surface area contributed by atoms with Gasteiger partial charge >= 0.3 is 11.9 Å². The van der Waals surface area contributed by atoms with Crippen molar-refractivity contribution in [3.05, 3.63) is 45.7 Å². The highest BCUT2D eigenvalue weighted by Gasteiger charge is 2.50. The number of hydrogen-bond donors (Lipinski definition) is 0. The van der Waals surface area contributed by atoms with Crippen LogP contribution in [0.25, 0.3) is 0 Å². The molecule has 2 saturated heterocycles. The Bertz CT molecular complexity index is 1040. The Labute approximate surface area is 192 Å². The summed E-state index contributed by atoms with van der Waals surface area (Å²) < 4.78 is 10.3. The van der Waals surface area contributed by atoms with Crippen LogP contribution >= 0.6 is 11.6 Å². The predicted octanol–water partition coefficient (Wildman–Crippen LogP) is 3.09. The molecule has 4 heterocycles. The number of carbonyl (C=O) groups is 3. The van der Waals surface area contributed by atoms with Crippen LogP contribution in [0.15, 0.2) is 23.4 Å². The summed E-state index contributed by atoms with van der Waals surface area (Å²) in [5.41, 5.74) is 4.56. The van der Waals surface area contributed by atoms with Gasteiger partial charge in [0.05, 0.1) is 27.6 Å². The number of esters is 2. The molecule has 8 heteroatoms. The maximum atomic E-state index is 13.3. The second-order valence-electron chi connectivity index (χ2n) is 9.29. The lowest BCUT2D eigenvalue weighted by molar-refractivity contribution is -0.138. The van der Waals surface area contributed by atoms with Crippen LogP contribution in [0.2, 0.25) is 0 Å². The molecule has 0 radical (unpaired) electrons. The number of alkyl halides is 1. The van der Waals surface area contributed by atoms with Crippen LogP contribution in [0.5, 0.6) is 0 Å². The molecule has 1 unspecified atom stereocenters. The number of fused-ring (bicyclic) bond motifs is 1. The summed E-state index contributed by atoms with van der Waals surface area (Å²) in [5, 5.41) is -0.199. The Morgan fingerprint density at radius 1 is 1.00 bits per heavy atom. The Hall–Kier alpha value is -2.38. The molecule has 170 valence electrons. The Morgan fingerprint density at radius 3 is 2.38 bits per heavy atom. The highest BCUT2D eigenvalue weighted by molar-refractivity contribution is 6.21. The van der Waals surface area contributed by atoms with E-state index in [0.717, 1.165) is 54.7 Å². The zero-order valence-corrected chi connectivity index (χ0v) is 19.2. The van der Waals surface area contributed by atoms with Crippen LogP contribution in [0.4, 0.5) is 0 Å². The van der Waals surface area contributed by atoms with Gasteiger partial charge in [-0.2, -0.15) is 0 Å². The molecule has 2 fully saturated rings. The summed E-state index contributed by atoms with van der Waals surface area (Å²) >= 11 is 6.81. The summed E-state index contributed by atoms with van der Waals surface area (Å²) in [7, 11) is 0. The molecule has 4 aliphatic rings. The van der Waals surface area contributed by atoms with Crippen LogP contribution in [-0.4, -0.2) is 60.4 Å². The van der Waals surface area contributed by atoms with Gasteiger partial charge in [0.2, 0.25) is 5.91 Å². The number of benzene rings is 1. The van der Waals surface area contributed by atoms with Crippen molar-refractivity contribution in [1.29, 1.82) is 0 Å². The second kappa shape index (κ2) is 7.89. The monoisotopic (exact) mass is 458 g/mol. The number of piperidine rings is 1. The topological polar surface area (TPSA) is 76.2 Å². The summed E-state index contributed by atoms with van der Waals surface area (Å²) in [5.74, 6) is -0.460. The van der Waals surface area contributed by atoms with Gasteiger partial charge in [0.1, 0.15) is 13.2 Å². The van der Waals surface area contributed by atoms with E-state index in [1.54, 1.807) is 11.8 Å². The first kappa shape index (κ1) is 21.5. The lowest BCUT2D eigenvalue weighted by atomic mass is 9.77. The van der Waals surface area contributed by atoms with Gasteiger partial charge in [0.15, 0.2) is 0 Å². The van der Waals surface area contributed by atoms with Gasteiger partial charge in [-0.25, -0.2) is 9.59 Å². The predicted molar refractivity (Wildman–Crippen MR) is 117 cm³/mol. The molecular formula is C24H27ClN2O5. The zero-order chi connectivity index (χ0) is 22.6. The van der Waals surface area contributed by atoms with Crippen LogP contribution in [0, 0.1) is 12.3 Å². The minimum absolute atomic E-state index is 0.131. The molecule has 0 saturated carbocycles. The molecule has 1 aromatic rings. The third-order valence-electron chi connectivity index (χ3n) is 7.69. The number of nitrogens with zero attached hydrogens (tertiary/aromatic N) is 2. The van der Waals surface area contributed by atoms with E-state index in [4.69, 9.17) is 21.1 Å². The minimum atomic E-state index is -0.349. The molecule has 5 rings (SSSR count). The van der Waals surface area contributed by atoms with Crippen molar-refractivity contribution in [3.8, 4) is 0 Å². The lowest BCUT2D eigenvalue weighted by Gasteiger charge is -2.38. The van der Waals surface area contributed by atoms with Gasteiger partial charge in [-0.05, 0) is 63.4 Å². The quantitative estimate of drug-likeness (QED) is 0.509. The van der Waals surface area contributed by atoms with E-state index in [1.807, 2.05) is 19.1 Å². The van der Waals surface area contributed by atoms with Crippen molar-refractivity contribution in [3.63, 3.8) is 0 Å².